The number of aliphatic carboxylic acids is 1. The van der Waals surface area contributed by atoms with E-state index in [9.17, 15) is 18.3 Å². The molecule has 0 unspecified atom stereocenters. The van der Waals surface area contributed by atoms with Crippen molar-refractivity contribution in [2.75, 3.05) is 12.0 Å². The highest BCUT2D eigenvalue weighted by Crippen LogP contribution is 2.12. The molecular formula is C17H18N3O4S-. The molecule has 0 spiro atoms. The van der Waals surface area contributed by atoms with E-state index in [-0.39, 0.29) is 4.90 Å². The summed E-state index contributed by atoms with van der Waals surface area (Å²) in [7, 11) is -3.88. The van der Waals surface area contributed by atoms with Crippen LogP contribution in [0.5, 0.6) is 0 Å². The third-order valence-corrected chi connectivity index (χ3v) is 4.81. The fraction of sp³-hybridized carbons (Fsp3) is 0.176. The van der Waals surface area contributed by atoms with Crippen LogP contribution in [0.3, 0.4) is 0 Å². The van der Waals surface area contributed by atoms with Gasteiger partial charge < -0.3 is 9.90 Å². The molecular weight excluding hydrogens is 342 g/mol. The molecule has 0 heterocycles. The first kappa shape index (κ1) is 18.6. The molecule has 0 radical (unpaired) electrons. The molecule has 8 heteroatoms. The summed E-state index contributed by atoms with van der Waals surface area (Å²) in [6, 6.07) is 13.7. The second-order valence-corrected chi connectivity index (χ2v) is 7.16. The molecule has 0 aliphatic carbocycles. The molecule has 25 heavy (non-hydrogen) atoms. The quantitative estimate of drug-likeness (QED) is 0.562. The maximum atomic E-state index is 11.9. The van der Waals surface area contributed by atoms with Crippen LogP contribution in [-0.2, 0) is 14.8 Å². The first-order chi connectivity index (χ1) is 11.8. The molecule has 2 rings (SSSR count). The van der Waals surface area contributed by atoms with E-state index in [1.54, 1.807) is 19.1 Å². The predicted molar refractivity (Wildman–Crippen MR) is 93.7 cm³/mol. The van der Waals surface area contributed by atoms with Gasteiger partial charge in [0.25, 0.3) is 0 Å². The molecule has 0 aliphatic heterocycles. The van der Waals surface area contributed by atoms with Crippen LogP contribution in [0.25, 0.3) is 0 Å². The number of hydrazone groups is 1. The number of sulfonamides is 1. The second kappa shape index (κ2) is 7.91. The van der Waals surface area contributed by atoms with E-state index in [4.69, 9.17) is 0 Å². The lowest BCUT2D eigenvalue weighted by Gasteiger charge is -2.08. The van der Waals surface area contributed by atoms with Crippen molar-refractivity contribution in [2.45, 2.75) is 18.7 Å². The van der Waals surface area contributed by atoms with Crippen molar-refractivity contribution in [1.82, 2.24) is 4.72 Å². The lowest BCUT2D eigenvalue weighted by atomic mass is 10.1. The number of hydrogen-bond acceptors (Lipinski definition) is 6. The van der Waals surface area contributed by atoms with E-state index in [1.165, 1.54) is 12.1 Å². The van der Waals surface area contributed by atoms with Crippen molar-refractivity contribution in [3.8, 4) is 0 Å². The second-order valence-electron chi connectivity index (χ2n) is 5.40. The first-order valence-electron chi connectivity index (χ1n) is 7.45. The summed E-state index contributed by atoms with van der Waals surface area (Å²) in [4.78, 5) is 10.3. The SMILES string of the molecule is C/C(=N/Nc1ccc(C)cc1)c1ccc(S(=O)(=O)NCC(=O)[O-])cc1. The number of benzene rings is 2. The van der Waals surface area contributed by atoms with Gasteiger partial charge in [-0.05, 0) is 43.7 Å². The van der Waals surface area contributed by atoms with Gasteiger partial charge in [-0.25, -0.2) is 13.1 Å². The van der Waals surface area contributed by atoms with E-state index in [1.807, 2.05) is 35.9 Å². The van der Waals surface area contributed by atoms with Gasteiger partial charge in [0, 0.05) is 0 Å². The standard InChI is InChI=1S/C17H19N3O4S/c1-12-3-7-15(8-4-12)20-19-13(2)14-5-9-16(10-6-14)25(23,24)18-11-17(21)22/h3-10,18,20H,11H2,1-2H3,(H,21,22)/p-1/b19-13-. The minimum atomic E-state index is -3.88. The molecule has 2 aromatic carbocycles. The van der Waals surface area contributed by atoms with E-state index >= 15 is 0 Å². The summed E-state index contributed by atoms with van der Waals surface area (Å²) in [5, 5.41) is 14.6. The van der Waals surface area contributed by atoms with Gasteiger partial charge in [0.1, 0.15) is 0 Å². The molecule has 0 fully saturated rings. The number of nitrogens with one attached hydrogen (secondary N) is 2. The summed E-state index contributed by atoms with van der Waals surface area (Å²) < 4.78 is 25.8. The highest BCUT2D eigenvalue weighted by Gasteiger charge is 2.13. The summed E-state index contributed by atoms with van der Waals surface area (Å²) in [5.41, 5.74) is 6.33. The molecule has 0 aliphatic rings. The van der Waals surface area contributed by atoms with E-state index in [0.717, 1.165) is 16.8 Å². The van der Waals surface area contributed by atoms with Gasteiger partial charge >= 0.3 is 0 Å². The van der Waals surface area contributed by atoms with Gasteiger partial charge in [-0.1, -0.05) is 29.8 Å². The van der Waals surface area contributed by atoms with Crippen molar-refractivity contribution in [1.29, 1.82) is 0 Å². The number of anilines is 1. The van der Waals surface area contributed by atoms with Crippen molar-refractivity contribution in [2.24, 2.45) is 5.10 Å². The lowest BCUT2D eigenvalue weighted by Crippen LogP contribution is -2.37. The van der Waals surface area contributed by atoms with Gasteiger partial charge in [0.2, 0.25) is 10.0 Å². The summed E-state index contributed by atoms with van der Waals surface area (Å²) in [6.45, 7) is 3.01. The average Bonchev–Trinajstić information content (AvgIpc) is 2.59. The number of nitrogens with zero attached hydrogens (tertiary/aromatic N) is 1. The molecule has 0 saturated heterocycles. The predicted octanol–water partition coefficient (Wildman–Crippen LogP) is 0.859. The zero-order chi connectivity index (χ0) is 18.4. The molecule has 132 valence electrons. The maximum Gasteiger partial charge on any atom is 0.240 e. The number of aryl methyl sites for hydroxylation is 1. The number of carbonyl (C=O) groups is 1. The van der Waals surface area contributed by atoms with Crippen LogP contribution in [0.1, 0.15) is 18.1 Å². The van der Waals surface area contributed by atoms with Crippen LogP contribution in [-0.4, -0.2) is 26.6 Å². The number of rotatable bonds is 7. The van der Waals surface area contributed by atoms with Crippen LogP contribution < -0.4 is 15.3 Å². The fourth-order valence-electron chi connectivity index (χ4n) is 1.95. The zero-order valence-corrected chi connectivity index (χ0v) is 14.6. The molecule has 0 amide bonds. The van der Waals surface area contributed by atoms with Crippen LogP contribution in [0, 0.1) is 6.92 Å². The average molecular weight is 360 g/mol. The summed E-state index contributed by atoms with van der Waals surface area (Å²) in [6.07, 6.45) is 0. The zero-order valence-electron chi connectivity index (χ0n) is 13.8. The molecule has 0 aromatic heterocycles. The third-order valence-electron chi connectivity index (χ3n) is 3.39. The Labute approximate surface area is 146 Å². The highest BCUT2D eigenvalue weighted by molar-refractivity contribution is 7.89. The first-order valence-corrected chi connectivity index (χ1v) is 8.93. The van der Waals surface area contributed by atoms with Gasteiger partial charge in [0.05, 0.1) is 28.8 Å². The van der Waals surface area contributed by atoms with E-state index < -0.39 is 22.5 Å². The van der Waals surface area contributed by atoms with E-state index in [0.29, 0.717) is 5.71 Å². The van der Waals surface area contributed by atoms with Crippen molar-refractivity contribution < 1.29 is 18.3 Å². The van der Waals surface area contributed by atoms with Crippen LogP contribution in [0.2, 0.25) is 0 Å². The molecule has 2 N–H and O–H groups in total. The number of carboxylic acid groups (broad SMARTS) is 1. The largest absolute Gasteiger partial charge is 0.549 e. The van der Waals surface area contributed by atoms with Crippen LogP contribution in [0.4, 0.5) is 5.69 Å². The number of carbonyl (C=O) groups excluding carboxylic acids is 1. The van der Waals surface area contributed by atoms with Gasteiger partial charge in [-0.15, -0.1) is 0 Å². The maximum absolute atomic E-state index is 11.9. The molecule has 0 saturated carbocycles. The van der Waals surface area contributed by atoms with Crippen molar-refractivity contribution in [3.63, 3.8) is 0 Å². The lowest BCUT2D eigenvalue weighted by molar-refractivity contribution is -0.303. The molecule has 0 bridgehead atoms. The Hall–Kier alpha value is -2.71. The Morgan fingerprint density at radius 2 is 1.68 bits per heavy atom. The number of hydrogen-bond donors (Lipinski definition) is 2. The molecule has 0 atom stereocenters. The summed E-state index contributed by atoms with van der Waals surface area (Å²) >= 11 is 0. The van der Waals surface area contributed by atoms with Crippen molar-refractivity contribution >= 4 is 27.4 Å². The normalized spacial score (nSPS) is 12.0. The van der Waals surface area contributed by atoms with Crippen LogP contribution >= 0.6 is 0 Å². The molecule has 2 aromatic rings. The Morgan fingerprint density at radius 1 is 1.08 bits per heavy atom. The topological polar surface area (TPSA) is 111 Å². The van der Waals surface area contributed by atoms with Crippen LogP contribution in [0.15, 0.2) is 58.5 Å². The smallest absolute Gasteiger partial charge is 0.240 e. The fourth-order valence-corrected chi connectivity index (χ4v) is 2.92. The van der Waals surface area contributed by atoms with Gasteiger partial charge in [0.15, 0.2) is 0 Å². The Bertz CT molecular complexity index is 873. The highest BCUT2D eigenvalue weighted by atomic mass is 32.2. The number of carboxylic acids is 1. The van der Waals surface area contributed by atoms with Gasteiger partial charge in [-0.2, -0.15) is 5.10 Å². The third kappa shape index (κ3) is 5.40. The van der Waals surface area contributed by atoms with Gasteiger partial charge in [-0.3, -0.25) is 5.43 Å². The minimum Gasteiger partial charge on any atom is -0.549 e. The molecule has 7 nitrogen and oxygen atoms in total. The van der Waals surface area contributed by atoms with E-state index in [2.05, 4.69) is 10.5 Å². The Kier molecular flexibility index (Phi) is 5.89. The monoisotopic (exact) mass is 360 g/mol. The van der Waals surface area contributed by atoms with Crippen molar-refractivity contribution in [3.05, 3.63) is 59.7 Å². The Morgan fingerprint density at radius 3 is 2.24 bits per heavy atom. The minimum absolute atomic E-state index is 0.0307. The Balaban J connectivity index is 2.09. The summed E-state index contributed by atoms with van der Waals surface area (Å²) in [5.74, 6) is -1.50.